The average Bonchev–Trinajstić information content (AvgIpc) is 2.59. The Labute approximate surface area is 96.7 Å². The normalized spacial score (nSPS) is 20.2. The molecular weight excluding hydrogens is 226 g/mol. The molecule has 0 radical (unpaired) electrons. The molecule has 0 saturated carbocycles. The zero-order valence-electron chi connectivity index (χ0n) is 9.01. The van der Waals surface area contributed by atoms with E-state index >= 15 is 0 Å². The minimum Gasteiger partial charge on any atom is -0.494 e. The summed E-state index contributed by atoms with van der Waals surface area (Å²) in [4.78, 5) is 13.1. The lowest BCUT2D eigenvalue weighted by molar-refractivity contribution is -0.115. The van der Waals surface area contributed by atoms with Gasteiger partial charge in [0.15, 0.2) is 0 Å². The van der Waals surface area contributed by atoms with Gasteiger partial charge in [0.05, 0.1) is 17.4 Å². The smallest absolute Gasteiger partial charge is 0.240 e. The number of carbonyl (C=O) groups excluding carboxylic acids is 1. The summed E-state index contributed by atoms with van der Waals surface area (Å²) >= 11 is 0. The maximum atomic E-state index is 11.5. The molecule has 4 nitrogen and oxygen atoms in total. The molecule has 1 unspecified atom stereocenters. The van der Waals surface area contributed by atoms with Crippen molar-refractivity contribution < 1.29 is 13.7 Å². The highest BCUT2D eigenvalue weighted by atomic mass is 32.2. The van der Waals surface area contributed by atoms with E-state index in [0.29, 0.717) is 6.61 Å². The lowest BCUT2D eigenvalue weighted by Gasteiger charge is -2.15. The number of benzene rings is 1. The summed E-state index contributed by atoms with van der Waals surface area (Å²) in [6.45, 7) is 2.49. The fourth-order valence-electron chi connectivity index (χ4n) is 1.60. The van der Waals surface area contributed by atoms with Crippen LogP contribution in [0.5, 0.6) is 5.75 Å². The molecule has 1 atom stereocenters. The number of rotatable bonds is 3. The van der Waals surface area contributed by atoms with Gasteiger partial charge in [0.1, 0.15) is 17.4 Å². The van der Waals surface area contributed by atoms with E-state index in [9.17, 15) is 9.00 Å². The summed E-state index contributed by atoms with van der Waals surface area (Å²) in [5.41, 5.74) is 0.752. The lowest BCUT2D eigenvalue weighted by atomic mass is 10.3. The number of hydrogen-bond donors (Lipinski definition) is 0. The molecule has 1 fully saturated rings. The van der Waals surface area contributed by atoms with Crippen LogP contribution in [0.3, 0.4) is 0 Å². The van der Waals surface area contributed by atoms with E-state index < -0.39 is 10.8 Å². The molecule has 0 N–H and O–H groups in total. The van der Waals surface area contributed by atoms with Crippen LogP contribution >= 0.6 is 0 Å². The number of hydrogen-bond acceptors (Lipinski definition) is 3. The van der Waals surface area contributed by atoms with Crippen LogP contribution in [0.1, 0.15) is 6.92 Å². The van der Waals surface area contributed by atoms with Crippen LogP contribution in [-0.4, -0.2) is 28.4 Å². The number of nitrogens with zero attached hydrogens (tertiary/aromatic N) is 1. The summed E-state index contributed by atoms with van der Waals surface area (Å²) in [5.74, 6) is 1.05. The van der Waals surface area contributed by atoms with E-state index in [1.807, 2.05) is 25.1 Å². The number of carbonyl (C=O) groups is 1. The van der Waals surface area contributed by atoms with Gasteiger partial charge in [0.2, 0.25) is 5.91 Å². The molecule has 0 aromatic heterocycles. The fraction of sp³-hybridized carbons (Fsp3) is 0.364. The largest absolute Gasteiger partial charge is 0.494 e. The van der Waals surface area contributed by atoms with E-state index in [4.69, 9.17) is 4.74 Å². The summed E-state index contributed by atoms with van der Waals surface area (Å²) < 4.78 is 16.6. The first-order valence-corrected chi connectivity index (χ1v) is 6.57. The standard InChI is InChI=1S/C11H13NO3S/c1-2-15-10-5-3-4-9(6-10)12-8-16(14)7-11(12)13/h3-6H,2,7-8H2,1H3. The van der Waals surface area contributed by atoms with Gasteiger partial charge >= 0.3 is 0 Å². The monoisotopic (exact) mass is 239 g/mol. The Hall–Kier alpha value is -1.36. The first kappa shape index (κ1) is 11.1. The average molecular weight is 239 g/mol. The Balaban J connectivity index is 2.23. The van der Waals surface area contributed by atoms with Gasteiger partial charge in [0.25, 0.3) is 0 Å². The molecule has 1 aromatic carbocycles. The molecule has 0 spiro atoms. The molecule has 1 heterocycles. The van der Waals surface area contributed by atoms with E-state index in [1.54, 1.807) is 11.0 Å². The van der Waals surface area contributed by atoms with Crippen LogP contribution in [-0.2, 0) is 15.6 Å². The maximum absolute atomic E-state index is 11.5. The quantitative estimate of drug-likeness (QED) is 0.794. The maximum Gasteiger partial charge on any atom is 0.240 e. The van der Waals surface area contributed by atoms with Crippen LogP contribution in [0.2, 0.25) is 0 Å². The Kier molecular flexibility index (Phi) is 3.24. The van der Waals surface area contributed by atoms with Crippen LogP contribution in [0, 0.1) is 0 Å². The highest BCUT2D eigenvalue weighted by Crippen LogP contribution is 2.23. The summed E-state index contributed by atoms with van der Waals surface area (Å²) in [7, 11) is -1.06. The van der Waals surface area contributed by atoms with Crippen molar-refractivity contribution >= 4 is 22.4 Å². The Morgan fingerprint density at radius 1 is 1.50 bits per heavy atom. The second-order valence-electron chi connectivity index (χ2n) is 3.47. The molecule has 5 heteroatoms. The topological polar surface area (TPSA) is 46.6 Å². The van der Waals surface area contributed by atoms with Crippen molar-refractivity contribution in [1.82, 2.24) is 0 Å². The van der Waals surface area contributed by atoms with Gasteiger partial charge in [-0.05, 0) is 19.1 Å². The van der Waals surface area contributed by atoms with Crippen molar-refractivity contribution in [2.45, 2.75) is 6.92 Å². The first-order chi connectivity index (χ1) is 7.70. The zero-order chi connectivity index (χ0) is 11.5. The van der Waals surface area contributed by atoms with Crippen molar-refractivity contribution in [3.63, 3.8) is 0 Å². The molecule has 1 aromatic rings. The number of anilines is 1. The van der Waals surface area contributed by atoms with Crippen LogP contribution < -0.4 is 9.64 Å². The van der Waals surface area contributed by atoms with Crippen molar-refractivity contribution in [3.8, 4) is 5.75 Å². The Morgan fingerprint density at radius 3 is 2.94 bits per heavy atom. The molecule has 1 aliphatic rings. The Bertz CT molecular complexity index is 433. The van der Waals surface area contributed by atoms with E-state index in [2.05, 4.69) is 0 Å². The predicted molar refractivity (Wildman–Crippen MR) is 63.0 cm³/mol. The van der Waals surface area contributed by atoms with Crippen molar-refractivity contribution in [2.75, 3.05) is 23.1 Å². The van der Waals surface area contributed by atoms with E-state index in [-0.39, 0.29) is 17.5 Å². The van der Waals surface area contributed by atoms with Gasteiger partial charge < -0.3 is 4.74 Å². The molecule has 0 aliphatic carbocycles. The first-order valence-electron chi connectivity index (χ1n) is 5.09. The molecular formula is C11H13NO3S. The third-order valence-electron chi connectivity index (χ3n) is 2.30. The summed E-state index contributed by atoms with van der Waals surface area (Å²) in [6.07, 6.45) is 0. The third-order valence-corrected chi connectivity index (χ3v) is 3.41. The Morgan fingerprint density at radius 2 is 2.31 bits per heavy atom. The zero-order valence-corrected chi connectivity index (χ0v) is 9.83. The molecule has 1 aliphatic heterocycles. The second-order valence-corrected chi connectivity index (χ2v) is 4.89. The third kappa shape index (κ3) is 2.24. The number of ether oxygens (including phenoxy) is 1. The predicted octanol–water partition coefficient (Wildman–Crippen LogP) is 1.14. The summed E-state index contributed by atoms with van der Waals surface area (Å²) in [6, 6.07) is 7.28. The molecule has 2 rings (SSSR count). The van der Waals surface area contributed by atoms with Crippen molar-refractivity contribution in [1.29, 1.82) is 0 Å². The van der Waals surface area contributed by atoms with E-state index in [1.165, 1.54) is 0 Å². The van der Waals surface area contributed by atoms with Crippen molar-refractivity contribution in [3.05, 3.63) is 24.3 Å². The molecule has 86 valence electrons. The van der Waals surface area contributed by atoms with Crippen LogP contribution in [0.4, 0.5) is 5.69 Å². The van der Waals surface area contributed by atoms with Crippen molar-refractivity contribution in [2.24, 2.45) is 0 Å². The van der Waals surface area contributed by atoms with Gasteiger partial charge in [-0.15, -0.1) is 0 Å². The van der Waals surface area contributed by atoms with Gasteiger partial charge in [-0.1, -0.05) is 6.07 Å². The van der Waals surface area contributed by atoms with Gasteiger partial charge in [-0.2, -0.15) is 0 Å². The highest BCUT2D eigenvalue weighted by molar-refractivity contribution is 7.86. The number of amides is 1. The van der Waals surface area contributed by atoms with Gasteiger partial charge in [-0.25, -0.2) is 0 Å². The molecule has 1 amide bonds. The van der Waals surface area contributed by atoms with Gasteiger partial charge in [-0.3, -0.25) is 13.9 Å². The minimum atomic E-state index is -1.06. The van der Waals surface area contributed by atoms with E-state index in [0.717, 1.165) is 11.4 Å². The highest BCUT2D eigenvalue weighted by Gasteiger charge is 2.27. The minimum absolute atomic E-state index is 0.0908. The second kappa shape index (κ2) is 4.65. The SMILES string of the molecule is CCOc1cccc(N2CS(=O)CC2=O)c1. The lowest BCUT2D eigenvalue weighted by Crippen LogP contribution is -2.24. The molecule has 1 saturated heterocycles. The van der Waals surface area contributed by atoms with Gasteiger partial charge in [0, 0.05) is 11.8 Å². The fourth-order valence-corrected chi connectivity index (χ4v) is 2.71. The molecule has 0 bridgehead atoms. The molecule has 16 heavy (non-hydrogen) atoms. The van der Waals surface area contributed by atoms with Crippen LogP contribution in [0.25, 0.3) is 0 Å². The summed E-state index contributed by atoms with van der Waals surface area (Å²) in [5, 5.41) is 0. The van der Waals surface area contributed by atoms with Crippen LogP contribution in [0.15, 0.2) is 24.3 Å².